The van der Waals surface area contributed by atoms with E-state index in [1.807, 2.05) is 12.1 Å². The quantitative estimate of drug-likeness (QED) is 0.836. The summed E-state index contributed by atoms with van der Waals surface area (Å²) in [5.74, 6) is 0.317. The highest BCUT2D eigenvalue weighted by molar-refractivity contribution is 7.80. The van der Waals surface area contributed by atoms with Crippen LogP contribution in [0.5, 0.6) is 0 Å². The molecule has 1 heterocycles. The predicted molar refractivity (Wildman–Crippen MR) is 79.4 cm³/mol. The third-order valence-electron chi connectivity index (χ3n) is 3.36. The molecule has 1 fully saturated rings. The molecule has 1 aromatic carbocycles. The molecule has 1 aliphatic heterocycles. The first-order valence-electron chi connectivity index (χ1n) is 6.07. The zero-order valence-corrected chi connectivity index (χ0v) is 11.7. The third kappa shape index (κ3) is 2.76. The Labute approximate surface area is 118 Å². The van der Waals surface area contributed by atoms with E-state index in [4.69, 9.17) is 29.6 Å². The molecule has 18 heavy (non-hydrogen) atoms. The maximum atomic E-state index is 9.29. The van der Waals surface area contributed by atoms with E-state index in [0.29, 0.717) is 15.9 Å². The number of halogens is 1. The Bertz CT molecular complexity index is 453. The summed E-state index contributed by atoms with van der Waals surface area (Å²) < 4.78 is 0. The van der Waals surface area contributed by atoms with E-state index < -0.39 is 0 Å². The van der Waals surface area contributed by atoms with Gasteiger partial charge in [0.05, 0.1) is 10.6 Å². The molecule has 1 aromatic rings. The molecule has 0 aliphatic carbocycles. The molecule has 0 saturated carbocycles. The van der Waals surface area contributed by atoms with Gasteiger partial charge in [-0.25, -0.2) is 0 Å². The van der Waals surface area contributed by atoms with Crippen LogP contribution < -0.4 is 10.6 Å². The lowest BCUT2D eigenvalue weighted by molar-refractivity contribution is 0.208. The topological polar surface area (TPSA) is 49.5 Å². The van der Waals surface area contributed by atoms with E-state index in [1.165, 1.54) is 0 Å². The molecule has 0 aromatic heterocycles. The van der Waals surface area contributed by atoms with Crippen molar-refractivity contribution >= 4 is 34.5 Å². The molecule has 1 aliphatic rings. The fraction of sp³-hybridized carbons (Fsp3) is 0.462. The summed E-state index contributed by atoms with van der Waals surface area (Å²) in [6, 6.07) is 5.69. The zero-order valence-electron chi connectivity index (χ0n) is 10.1. The van der Waals surface area contributed by atoms with Gasteiger partial charge in [0.25, 0.3) is 0 Å². The fourth-order valence-corrected chi connectivity index (χ4v) is 2.99. The van der Waals surface area contributed by atoms with Gasteiger partial charge in [-0.05, 0) is 30.9 Å². The SMILES string of the molecule is NC(=S)c1c(Cl)cccc1N1CCCC(CO)C1. The lowest BCUT2D eigenvalue weighted by Gasteiger charge is -2.35. The van der Waals surface area contributed by atoms with Crippen LogP contribution >= 0.6 is 23.8 Å². The number of aliphatic hydroxyl groups excluding tert-OH is 1. The van der Waals surface area contributed by atoms with E-state index in [2.05, 4.69) is 4.90 Å². The minimum absolute atomic E-state index is 0.222. The third-order valence-corrected chi connectivity index (χ3v) is 3.87. The monoisotopic (exact) mass is 284 g/mol. The van der Waals surface area contributed by atoms with Gasteiger partial charge in [0, 0.05) is 25.4 Å². The molecule has 0 radical (unpaired) electrons. The van der Waals surface area contributed by atoms with Gasteiger partial charge < -0.3 is 15.7 Å². The molecule has 1 unspecified atom stereocenters. The lowest BCUT2D eigenvalue weighted by Crippen LogP contribution is -2.38. The minimum atomic E-state index is 0.222. The molecular formula is C13H17ClN2OS. The summed E-state index contributed by atoms with van der Waals surface area (Å²) >= 11 is 11.3. The number of aliphatic hydroxyl groups is 1. The van der Waals surface area contributed by atoms with Gasteiger partial charge in [-0.3, -0.25) is 0 Å². The van der Waals surface area contributed by atoms with Gasteiger partial charge in [0.2, 0.25) is 0 Å². The number of hydrogen-bond acceptors (Lipinski definition) is 3. The van der Waals surface area contributed by atoms with E-state index in [1.54, 1.807) is 6.07 Å². The number of rotatable bonds is 3. The highest BCUT2D eigenvalue weighted by Crippen LogP contribution is 2.30. The van der Waals surface area contributed by atoms with Gasteiger partial charge >= 0.3 is 0 Å². The first kappa shape index (κ1) is 13.6. The summed E-state index contributed by atoms with van der Waals surface area (Å²) in [5.41, 5.74) is 7.48. The maximum Gasteiger partial charge on any atom is 0.107 e. The maximum absolute atomic E-state index is 9.29. The summed E-state index contributed by atoms with van der Waals surface area (Å²) in [6.07, 6.45) is 2.13. The highest BCUT2D eigenvalue weighted by atomic mass is 35.5. The van der Waals surface area contributed by atoms with Gasteiger partial charge in [-0.2, -0.15) is 0 Å². The van der Waals surface area contributed by atoms with E-state index in [0.717, 1.165) is 37.2 Å². The molecule has 0 spiro atoms. The Morgan fingerprint density at radius 2 is 2.33 bits per heavy atom. The number of benzene rings is 1. The standard InChI is InChI=1S/C13H17ClN2OS/c14-10-4-1-5-11(12(10)13(15)18)16-6-2-3-9(7-16)8-17/h1,4-5,9,17H,2-3,6-8H2,(H2,15,18). The second-order valence-corrected chi connectivity index (χ2v) is 5.48. The Hall–Kier alpha value is -0.840. The van der Waals surface area contributed by atoms with Crippen molar-refractivity contribution in [3.8, 4) is 0 Å². The molecule has 3 N–H and O–H groups in total. The normalized spacial score (nSPS) is 19.9. The predicted octanol–water partition coefficient (Wildman–Crippen LogP) is 2.18. The van der Waals surface area contributed by atoms with Gasteiger partial charge in [0.15, 0.2) is 0 Å². The molecule has 1 atom stereocenters. The van der Waals surface area contributed by atoms with Crippen LogP contribution in [0.15, 0.2) is 18.2 Å². The summed E-state index contributed by atoms with van der Waals surface area (Å²) in [4.78, 5) is 2.53. The Morgan fingerprint density at radius 1 is 1.56 bits per heavy atom. The molecule has 3 nitrogen and oxygen atoms in total. The lowest BCUT2D eigenvalue weighted by atomic mass is 9.97. The molecule has 1 saturated heterocycles. The second kappa shape index (κ2) is 5.87. The van der Waals surface area contributed by atoms with Crippen molar-refractivity contribution in [1.29, 1.82) is 0 Å². The average molecular weight is 285 g/mol. The Kier molecular flexibility index (Phi) is 4.43. The smallest absolute Gasteiger partial charge is 0.107 e. The minimum Gasteiger partial charge on any atom is -0.396 e. The van der Waals surface area contributed by atoms with Gasteiger partial charge in [-0.15, -0.1) is 0 Å². The number of nitrogens with two attached hydrogens (primary N) is 1. The van der Waals surface area contributed by atoms with Gasteiger partial charge in [-0.1, -0.05) is 29.9 Å². The van der Waals surface area contributed by atoms with Crippen molar-refractivity contribution in [2.24, 2.45) is 11.7 Å². The van der Waals surface area contributed by atoms with Crippen LogP contribution in [0.25, 0.3) is 0 Å². The van der Waals surface area contributed by atoms with E-state index >= 15 is 0 Å². The van der Waals surface area contributed by atoms with Crippen molar-refractivity contribution in [2.75, 3.05) is 24.6 Å². The first-order chi connectivity index (χ1) is 8.63. The first-order valence-corrected chi connectivity index (χ1v) is 6.86. The van der Waals surface area contributed by atoms with Crippen LogP contribution in [0.4, 0.5) is 5.69 Å². The number of nitrogens with zero attached hydrogens (tertiary/aromatic N) is 1. The van der Waals surface area contributed by atoms with Crippen LogP contribution in [0, 0.1) is 5.92 Å². The van der Waals surface area contributed by atoms with Crippen LogP contribution in [0.2, 0.25) is 5.02 Å². The molecule has 2 rings (SSSR count). The van der Waals surface area contributed by atoms with Crippen molar-refractivity contribution in [1.82, 2.24) is 0 Å². The van der Waals surface area contributed by atoms with Crippen molar-refractivity contribution < 1.29 is 5.11 Å². The highest BCUT2D eigenvalue weighted by Gasteiger charge is 2.22. The molecule has 0 bridgehead atoms. The largest absolute Gasteiger partial charge is 0.396 e. The Balaban J connectivity index is 2.32. The van der Waals surface area contributed by atoms with Crippen LogP contribution in [0.3, 0.4) is 0 Å². The van der Waals surface area contributed by atoms with Crippen molar-refractivity contribution in [3.63, 3.8) is 0 Å². The number of hydrogen-bond donors (Lipinski definition) is 2. The molecular weight excluding hydrogens is 268 g/mol. The fourth-order valence-electron chi connectivity index (χ4n) is 2.45. The zero-order chi connectivity index (χ0) is 13.1. The van der Waals surface area contributed by atoms with Crippen LogP contribution in [0.1, 0.15) is 18.4 Å². The Morgan fingerprint density at radius 3 is 3.00 bits per heavy atom. The summed E-state index contributed by atoms with van der Waals surface area (Å²) in [6.45, 7) is 2.00. The van der Waals surface area contributed by atoms with Crippen molar-refractivity contribution in [2.45, 2.75) is 12.8 Å². The molecule has 98 valence electrons. The molecule has 5 heteroatoms. The van der Waals surface area contributed by atoms with Crippen LogP contribution in [-0.2, 0) is 0 Å². The van der Waals surface area contributed by atoms with Crippen molar-refractivity contribution in [3.05, 3.63) is 28.8 Å². The van der Waals surface area contributed by atoms with Gasteiger partial charge in [0.1, 0.15) is 4.99 Å². The van der Waals surface area contributed by atoms with Crippen LogP contribution in [-0.4, -0.2) is 29.8 Å². The average Bonchev–Trinajstić information content (AvgIpc) is 2.38. The summed E-state index contributed by atoms with van der Waals surface area (Å²) in [7, 11) is 0. The second-order valence-electron chi connectivity index (χ2n) is 4.64. The molecule has 0 amide bonds. The van der Waals surface area contributed by atoms with E-state index in [-0.39, 0.29) is 6.61 Å². The number of thiocarbonyl (C=S) groups is 1. The number of piperidine rings is 1. The van der Waals surface area contributed by atoms with E-state index in [9.17, 15) is 5.11 Å². The number of anilines is 1. The summed E-state index contributed by atoms with van der Waals surface area (Å²) in [5, 5.41) is 9.87.